The first-order valence-corrected chi connectivity index (χ1v) is 11.1. The Morgan fingerprint density at radius 1 is 1.00 bits per heavy atom. The molecule has 0 fully saturated rings. The Labute approximate surface area is 108 Å². The fourth-order valence-corrected chi connectivity index (χ4v) is 5.30. The average Bonchev–Trinajstić information content (AvgIpc) is 2.24. The van der Waals surface area contributed by atoms with Gasteiger partial charge >= 0.3 is 108 Å². The number of nitrogens with one attached hydrogen (secondary N) is 1. The summed E-state index contributed by atoms with van der Waals surface area (Å²) in [6, 6.07) is 0. The van der Waals surface area contributed by atoms with Crippen LogP contribution < -0.4 is 5.32 Å². The molecule has 89 valence electrons. The normalized spacial score (nSPS) is 12.7. The van der Waals surface area contributed by atoms with Crippen LogP contribution >= 0.6 is 0 Å². The predicted molar refractivity (Wildman–Crippen MR) is 71.7 cm³/mol. The van der Waals surface area contributed by atoms with Crippen LogP contribution in [0.15, 0.2) is 0 Å². The molecule has 0 aliphatic rings. The molecule has 0 aromatic carbocycles. The monoisotopic (exact) mass is 314 g/mol. The van der Waals surface area contributed by atoms with Crippen molar-refractivity contribution in [3.8, 4) is 0 Å². The third kappa shape index (κ3) is 12.8. The van der Waals surface area contributed by atoms with E-state index >= 15 is 0 Å². The summed E-state index contributed by atoms with van der Waals surface area (Å²) >= 11 is -0.273. The Hall–Kier alpha value is 0.830. The minimum absolute atomic E-state index is 0.273. The molecule has 15 heavy (non-hydrogen) atoms. The molecule has 1 atom stereocenters. The van der Waals surface area contributed by atoms with Crippen molar-refractivity contribution in [2.75, 3.05) is 10.8 Å². The summed E-state index contributed by atoms with van der Waals surface area (Å²) in [4.78, 5) is 0. The molecule has 0 spiro atoms. The Morgan fingerprint density at radius 2 is 1.73 bits per heavy atom. The molecular weight excluding hydrogens is 285 g/mol. The van der Waals surface area contributed by atoms with E-state index in [1.807, 2.05) is 0 Å². The van der Waals surface area contributed by atoms with Gasteiger partial charge in [0.1, 0.15) is 0 Å². The van der Waals surface area contributed by atoms with E-state index in [0.29, 0.717) is 0 Å². The zero-order valence-corrected chi connectivity index (χ0v) is 14.3. The molecule has 0 heterocycles. The van der Waals surface area contributed by atoms with Crippen molar-refractivity contribution < 1.29 is 0 Å². The molecule has 1 unspecified atom stereocenters. The van der Waals surface area contributed by atoms with E-state index < -0.39 is 0 Å². The van der Waals surface area contributed by atoms with E-state index in [0.717, 1.165) is 3.67 Å². The summed E-state index contributed by atoms with van der Waals surface area (Å²) in [5.41, 5.74) is 0. The van der Waals surface area contributed by atoms with Crippen LogP contribution in [0.3, 0.4) is 0 Å². The van der Waals surface area contributed by atoms with Crippen LogP contribution in [0, 0.1) is 0 Å². The average molecular weight is 314 g/mol. The summed E-state index contributed by atoms with van der Waals surface area (Å²) in [5.74, 6) is 0. The molecule has 0 aromatic heterocycles. The van der Waals surface area contributed by atoms with Crippen molar-refractivity contribution in [2.24, 2.45) is 0 Å². The molecule has 0 aliphatic heterocycles. The van der Waals surface area contributed by atoms with Crippen LogP contribution in [0.4, 0.5) is 0 Å². The van der Waals surface area contributed by atoms with Gasteiger partial charge in [-0.2, -0.15) is 0 Å². The molecule has 1 nitrogen and oxygen atoms in total. The molecule has 0 amide bonds. The minimum atomic E-state index is -0.273. The summed E-state index contributed by atoms with van der Waals surface area (Å²) in [6.07, 6.45) is 10.0. The number of hydrogen-bond donors (Lipinski definition) is 1. The van der Waals surface area contributed by atoms with Crippen LogP contribution in [0.25, 0.3) is 0 Å². The van der Waals surface area contributed by atoms with Gasteiger partial charge in [-0.15, -0.1) is 0 Å². The van der Waals surface area contributed by atoms with E-state index in [2.05, 4.69) is 26.1 Å². The van der Waals surface area contributed by atoms with Crippen molar-refractivity contribution in [3.05, 3.63) is 0 Å². The van der Waals surface area contributed by atoms with Crippen molar-refractivity contribution in [1.29, 1.82) is 0 Å². The first kappa shape index (κ1) is 15.8. The molecule has 0 rings (SSSR count). The first-order valence-electron chi connectivity index (χ1n) is 6.85. The van der Waals surface area contributed by atoms with Gasteiger partial charge in [-0.3, -0.25) is 0 Å². The van der Waals surface area contributed by atoms with E-state index in [9.17, 15) is 0 Å². The van der Waals surface area contributed by atoms with Gasteiger partial charge in [0, 0.05) is 0 Å². The molecule has 1 radical (unpaired) electrons. The molecule has 0 bridgehead atoms. The van der Waals surface area contributed by atoms with Gasteiger partial charge in [0.05, 0.1) is 0 Å². The first-order chi connectivity index (χ1) is 7.31. The van der Waals surface area contributed by atoms with Crippen LogP contribution in [0.1, 0.15) is 65.7 Å². The van der Waals surface area contributed by atoms with Crippen LogP contribution in [-0.2, 0) is 0 Å². The topological polar surface area (TPSA) is 12.0 Å². The van der Waals surface area contributed by atoms with E-state index in [1.165, 1.54) is 55.8 Å². The van der Waals surface area contributed by atoms with Gasteiger partial charge in [-0.1, -0.05) is 0 Å². The van der Waals surface area contributed by atoms with Crippen LogP contribution in [0.2, 0.25) is 3.67 Å². The van der Waals surface area contributed by atoms with Crippen molar-refractivity contribution in [3.63, 3.8) is 0 Å². The number of unbranched alkanes of at least 4 members (excludes halogenated alkanes) is 4. The predicted octanol–water partition coefficient (Wildman–Crippen LogP) is 3.82. The van der Waals surface area contributed by atoms with Gasteiger partial charge < -0.3 is 0 Å². The fraction of sp³-hybridized carbons (Fsp3) is 1.00. The van der Waals surface area contributed by atoms with Crippen molar-refractivity contribution in [2.45, 2.75) is 69.4 Å². The van der Waals surface area contributed by atoms with E-state index in [1.54, 1.807) is 0 Å². The van der Waals surface area contributed by atoms with Crippen LogP contribution in [0.5, 0.6) is 0 Å². The summed E-state index contributed by atoms with van der Waals surface area (Å²) in [5, 5.41) is 3.56. The molecule has 0 aliphatic carbocycles. The SMILES string of the molecule is CCCCCCC[CH](C)[In][CH2]NCCC. The van der Waals surface area contributed by atoms with Gasteiger partial charge in [0.25, 0.3) is 0 Å². The maximum atomic E-state index is 3.56. The summed E-state index contributed by atoms with van der Waals surface area (Å²) in [7, 11) is 0. The maximum absolute atomic E-state index is 3.56. The zero-order chi connectivity index (χ0) is 11.4. The molecular formula is C13H29InN. The zero-order valence-electron chi connectivity index (χ0n) is 11.0. The molecule has 2 heteroatoms. The second-order valence-electron chi connectivity index (χ2n) is 4.62. The van der Waals surface area contributed by atoms with Gasteiger partial charge in [-0.05, 0) is 0 Å². The van der Waals surface area contributed by atoms with Crippen molar-refractivity contribution >= 4 is 22.9 Å². The van der Waals surface area contributed by atoms with E-state index in [4.69, 9.17) is 0 Å². The quantitative estimate of drug-likeness (QED) is 0.572. The third-order valence-electron chi connectivity index (χ3n) is 2.85. The summed E-state index contributed by atoms with van der Waals surface area (Å²) in [6.45, 7) is 8.25. The van der Waals surface area contributed by atoms with Gasteiger partial charge in [0.2, 0.25) is 0 Å². The number of rotatable bonds is 11. The Balaban J connectivity index is 3.08. The fourth-order valence-electron chi connectivity index (χ4n) is 1.75. The Bertz CT molecular complexity index is 117. The Morgan fingerprint density at radius 3 is 2.40 bits per heavy atom. The van der Waals surface area contributed by atoms with Gasteiger partial charge in [-0.25, -0.2) is 0 Å². The summed E-state index contributed by atoms with van der Waals surface area (Å²) < 4.78 is 2.51. The molecule has 1 N–H and O–H groups in total. The number of hydrogen-bond acceptors (Lipinski definition) is 1. The standard InChI is InChI=1S/C9H19.C4H10N.In/c1-3-5-7-9-8-6-4-2;1-3-4-5-2;/h3H,4-9H2,1-2H3;5H,2-4H2,1H3;. The Kier molecular flexibility index (Phi) is 13.6. The second kappa shape index (κ2) is 12.9. The van der Waals surface area contributed by atoms with Crippen LogP contribution in [-0.4, -0.2) is 33.8 Å². The van der Waals surface area contributed by atoms with E-state index in [-0.39, 0.29) is 22.9 Å². The second-order valence-corrected chi connectivity index (χ2v) is 10.4. The van der Waals surface area contributed by atoms with Gasteiger partial charge in [0.15, 0.2) is 0 Å². The third-order valence-corrected chi connectivity index (χ3v) is 7.60. The molecule has 0 saturated heterocycles. The van der Waals surface area contributed by atoms with Crippen molar-refractivity contribution in [1.82, 2.24) is 5.32 Å². The molecule has 0 aromatic rings. The molecule has 0 saturated carbocycles.